The van der Waals surface area contributed by atoms with Crippen LogP contribution in [0.1, 0.15) is 20.3 Å². The second kappa shape index (κ2) is 7.99. The maximum Gasteiger partial charge on any atom is 0.230 e. The molecule has 0 aliphatic rings. The number of carbonyl (C=O) groups excluding carboxylic acids is 1. The van der Waals surface area contributed by atoms with Gasteiger partial charge in [-0.05, 0) is 25.5 Å². The Labute approximate surface area is 132 Å². The largest absolute Gasteiger partial charge is 0.353 e. The molecule has 2 aromatic rings. The number of benzene rings is 1. The van der Waals surface area contributed by atoms with E-state index in [2.05, 4.69) is 20.8 Å². The van der Waals surface area contributed by atoms with E-state index in [1.807, 2.05) is 44.2 Å². The number of rotatable bonds is 7. The third kappa shape index (κ3) is 5.35. The fraction of sp³-hybridized carbons (Fsp3) is 0.357. The lowest BCUT2D eigenvalue weighted by atomic mass is 10.3. The highest BCUT2D eigenvalue weighted by atomic mass is 32.2. The van der Waals surface area contributed by atoms with E-state index in [0.29, 0.717) is 5.75 Å². The Bertz CT molecular complexity index is 573. The van der Waals surface area contributed by atoms with Crippen molar-refractivity contribution in [3.63, 3.8) is 0 Å². The molecule has 1 amide bonds. The third-order valence-corrected chi connectivity index (χ3v) is 4.75. The van der Waals surface area contributed by atoms with E-state index in [1.165, 1.54) is 23.1 Å². The number of amides is 1. The van der Waals surface area contributed by atoms with Gasteiger partial charge in [0.25, 0.3) is 0 Å². The minimum atomic E-state index is 0.0297. The fourth-order valence-corrected chi connectivity index (χ4v) is 3.09. The van der Waals surface area contributed by atoms with E-state index in [9.17, 15) is 4.79 Å². The molecule has 0 fully saturated rings. The smallest absolute Gasteiger partial charge is 0.230 e. The monoisotopic (exact) mass is 322 g/mol. The summed E-state index contributed by atoms with van der Waals surface area (Å²) in [6, 6.07) is 10.0. The molecule has 112 valence electrons. The molecule has 0 spiro atoms. The molecule has 5 nitrogen and oxygen atoms in total. The Kier molecular flexibility index (Phi) is 6.01. The summed E-state index contributed by atoms with van der Waals surface area (Å²) < 4.78 is 0.785. The van der Waals surface area contributed by atoms with Gasteiger partial charge >= 0.3 is 0 Å². The van der Waals surface area contributed by atoms with Crippen LogP contribution in [0.3, 0.4) is 0 Å². The van der Waals surface area contributed by atoms with E-state index >= 15 is 0 Å². The summed E-state index contributed by atoms with van der Waals surface area (Å²) in [5.41, 5.74) is 0.972. The molecule has 0 saturated carbocycles. The van der Waals surface area contributed by atoms with Crippen molar-refractivity contribution in [2.45, 2.75) is 30.6 Å². The molecule has 1 aromatic heterocycles. The first-order valence-corrected chi connectivity index (χ1v) is 8.55. The number of nitrogens with one attached hydrogen (secondary N) is 2. The zero-order chi connectivity index (χ0) is 15.1. The van der Waals surface area contributed by atoms with E-state index in [1.54, 1.807) is 0 Å². The van der Waals surface area contributed by atoms with Gasteiger partial charge in [0.2, 0.25) is 11.0 Å². The van der Waals surface area contributed by atoms with Crippen molar-refractivity contribution in [1.29, 1.82) is 0 Å². The SMILES string of the molecule is CCC(C)NC(=O)CSc1nnc(Nc2ccccc2)s1. The zero-order valence-electron chi connectivity index (χ0n) is 12.0. The van der Waals surface area contributed by atoms with Crippen molar-refractivity contribution < 1.29 is 4.79 Å². The van der Waals surface area contributed by atoms with E-state index < -0.39 is 0 Å². The summed E-state index contributed by atoms with van der Waals surface area (Å²) in [7, 11) is 0. The van der Waals surface area contributed by atoms with Gasteiger partial charge in [0.1, 0.15) is 0 Å². The van der Waals surface area contributed by atoms with E-state index in [4.69, 9.17) is 0 Å². The number of anilines is 2. The van der Waals surface area contributed by atoms with Crippen LogP contribution in [0.25, 0.3) is 0 Å². The van der Waals surface area contributed by atoms with Gasteiger partial charge in [-0.3, -0.25) is 4.79 Å². The molecule has 2 N–H and O–H groups in total. The van der Waals surface area contributed by atoms with Gasteiger partial charge in [-0.1, -0.05) is 48.2 Å². The van der Waals surface area contributed by atoms with Crippen LogP contribution >= 0.6 is 23.1 Å². The summed E-state index contributed by atoms with van der Waals surface area (Å²) >= 11 is 2.85. The second-order valence-corrected chi connectivity index (χ2v) is 6.73. The molecule has 0 bridgehead atoms. The van der Waals surface area contributed by atoms with Crippen LogP contribution < -0.4 is 10.6 Å². The van der Waals surface area contributed by atoms with Gasteiger partial charge in [0, 0.05) is 11.7 Å². The first kappa shape index (κ1) is 15.8. The topological polar surface area (TPSA) is 66.9 Å². The van der Waals surface area contributed by atoms with Crippen LogP contribution in [0.2, 0.25) is 0 Å². The highest BCUT2D eigenvalue weighted by Crippen LogP contribution is 2.27. The first-order valence-electron chi connectivity index (χ1n) is 6.75. The Morgan fingerprint density at radius 2 is 2.10 bits per heavy atom. The fourth-order valence-electron chi connectivity index (χ4n) is 1.51. The van der Waals surface area contributed by atoms with Crippen molar-refractivity contribution >= 4 is 39.8 Å². The molecule has 1 atom stereocenters. The van der Waals surface area contributed by atoms with Crippen LogP contribution in [0.15, 0.2) is 34.7 Å². The van der Waals surface area contributed by atoms with E-state index in [-0.39, 0.29) is 11.9 Å². The van der Waals surface area contributed by atoms with Crippen molar-refractivity contribution in [1.82, 2.24) is 15.5 Å². The zero-order valence-corrected chi connectivity index (χ0v) is 13.6. The molecule has 1 heterocycles. The van der Waals surface area contributed by atoms with Crippen LogP contribution in [-0.2, 0) is 4.79 Å². The van der Waals surface area contributed by atoms with Gasteiger partial charge in [-0.15, -0.1) is 10.2 Å². The standard InChI is InChI=1S/C14H18N4OS2/c1-3-10(2)15-12(19)9-20-14-18-17-13(21-14)16-11-7-5-4-6-8-11/h4-8,10H,3,9H2,1-2H3,(H,15,19)(H,16,17). The molecule has 1 unspecified atom stereocenters. The lowest BCUT2D eigenvalue weighted by Gasteiger charge is -2.09. The molecular formula is C14H18N4OS2. The predicted octanol–water partition coefficient (Wildman–Crippen LogP) is 3.29. The number of para-hydroxylation sites is 1. The molecule has 0 radical (unpaired) electrons. The number of nitrogens with zero attached hydrogens (tertiary/aromatic N) is 2. The van der Waals surface area contributed by atoms with Crippen LogP contribution in [0, 0.1) is 0 Å². The third-order valence-electron chi connectivity index (χ3n) is 2.78. The molecule has 7 heteroatoms. The van der Waals surface area contributed by atoms with Crippen molar-refractivity contribution in [3.8, 4) is 0 Å². The highest BCUT2D eigenvalue weighted by Gasteiger charge is 2.09. The van der Waals surface area contributed by atoms with Crippen LogP contribution in [0.4, 0.5) is 10.8 Å². The minimum absolute atomic E-state index is 0.0297. The predicted molar refractivity (Wildman–Crippen MR) is 88.3 cm³/mol. The minimum Gasteiger partial charge on any atom is -0.353 e. The van der Waals surface area contributed by atoms with Gasteiger partial charge in [-0.25, -0.2) is 0 Å². The Morgan fingerprint density at radius 1 is 1.33 bits per heavy atom. The Hall–Kier alpha value is -1.60. The van der Waals surface area contributed by atoms with Gasteiger partial charge in [-0.2, -0.15) is 0 Å². The molecule has 0 aliphatic heterocycles. The maximum atomic E-state index is 11.7. The van der Waals surface area contributed by atoms with Crippen molar-refractivity contribution in [3.05, 3.63) is 30.3 Å². The Morgan fingerprint density at radius 3 is 2.81 bits per heavy atom. The Balaban J connectivity index is 1.82. The number of hydrogen-bond donors (Lipinski definition) is 2. The van der Waals surface area contributed by atoms with Gasteiger partial charge in [0.15, 0.2) is 4.34 Å². The summed E-state index contributed by atoms with van der Waals surface area (Å²) in [6.45, 7) is 4.04. The molecule has 0 saturated heterocycles. The van der Waals surface area contributed by atoms with Gasteiger partial charge < -0.3 is 10.6 Å². The number of carbonyl (C=O) groups is 1. The second-order valence-electron chi connectivity index (χ2n) is 4.53. The molecular weight excluding hydrogens is 304 g/mol. The quantitative estimate of drug-likeness (QED) is 0.766. The molecule has 21 heavy (non-hydrogen) atoms. The number of aromatic nitrogens is 2. The van der Waals surface area contributed by atoms with Crippen LogP contribution in [0.5, 0.6) is 0 Å². The summed E-state index contributed by atoms with van der Waals surface area (Å²) in [4.78, 5) is 11.7. The van der Waals surface area contributed by atoms with Crippen molar-refractivity contribution in [2.75, 3.05) is 11.1 Å². The number of thioether (sulfide) groups is 1. The van der Waals surface area contributed by atoms with Crippen LogP contribution in [-0.4, -0.2) is 27.9 Å². The lowest BCUT2D eigenvalue weighted by molar-refractivity contribution is -0.119. The lowest BCUT2D eigenvalue weighted by Crippen LogP contribution is -2.33. The maximum absolute atomic E-state index is 11.7. The first-order chi connectivity index (χ1) is 10.2. The van der Waals surface area contributed by atoms with Gasteiger partial charge in [0.05, 0.1) is 5.75 Å². The normalized spacial score (nSPS) is 11.9. The molecule has 2 rings (SSSR count). The summed E-state index contributed by atoms with van der Waals surface area (Å²) in [6.07, 6.45) is 0.931. The average molecular weight is 322 g/mol. The average Bonchev–Trinajstić information content (AvgIpc) is 2.93. The number of hydrogen-bond acceptors (Lipinski definition) is 6. The van der Waals surface area contributed by atoms with E-state index in [0.717, 1.165) is 21.6 Å². The summed E-state index contributed by atoms with van der Waals surface area (Å²) in [5.74, 6) is 0.395. The molecule has 0 aliphatic carbocycles. The molecule has 1 aromatic carbocycles. The highest BCUT2D eigenvalue weighted by molar-refractivity contribution is 8.01. The van der Waals surface area contributed by atoms with Crippen molar-refractivity contribution in [2.24, 2.45) is 0 Å². The summed E-state index contributed by atoms with van der Waals surface area (Å²) in [5, 5.41) is 15.0.